The maximum absolute atomic E-state index is 12.7. The van der Waals surface area contributed by atoms with E-state index < -0.39 is 32.4 Å². The summed E-state index contributed by atoms with van der Waals surface area (Å²) in [5.74, 6) is 0. The highest BCUT2D eigenvalue weighted by Gasteiger charge is 2.38. The second-order valence-electron chi connectivity index (χ2n) is 5.62. The van der Waals surface area contributed by atoms with E-state index >= 15 is 0 Å². The first-order chi connectivity index (χ1) is 9.39. The van der Waals surface area contributed by atoms with Gasteiger partial charge in [0.05, 0.1) is 10.3 Å². The molecule has 1 unspecified atom stereocenters. The molecule has 0 saturated heterocycles. The number of halogens is 3. The van der Waals surface area contributed by atoms with Crippen molar-refractivity contribution in [1.82, 2.24) is 5.32 Å². The zero-order valence-corrected chi connectivity index (χ0v) is 13.3. The van der Waals surface area contributed by atoms with Crippen molar-refractivity contribution >= 4 is 9.84 Å². The predicted octanol–water partition coefficient (Wildman–Crippen LogP) is 2.66. The van der Waals surface area contributed by atoms with E-state index in [0.29, 0.717) is 5.56 Å². The number of sulfone groups is 1. The molecule has 120 valence electrons. The highest BCUT2D eigenvalue weighted by molar-refractivity contribution is 7.92. The maximum Gasteiger partial charge on any atom is 0.416 e. The summed E-state index contributed by atoms with van der Waals surface area (Å²) in [5, 5.41) is 2.90. The van der Waals surface area contributed by atoms with E-state index in [1.807, 2.05) is 0 Å². The van der Waals surface area contributed by atoms with E-state index in [-0.39, 0.29) is 6.42 Å². The van der Waals surface area contributed by atoms with Crippen LogP contribution in [0.4, 0.5) is 13.2 Å². The maximum atomic E-state index is 12.7. The molecule has 1 rings (SSSR count). The largest absolute Gasteiger partial charge is 0.416 e. The molecule has 0 amide bonds. The summed E-state index contributed by atoms with van der Waals surface area (Å²) in [5.41, 5.74) is -0.284. The molecule has 7 heteroatoms. The normalized spacial score (nSPS) is 15.0. The van der Waals surface area contributed by atoms with Gasteiger partial charge in [-0.1, -0.05) is 18.2 Å². The minimum absolute atomic E-state index is 0.195. The zero-order chi connectivity index (χ0) is 16.5. The minimum atomic E-state index is -4.41. The summed E-state index contributed by atoms with van der Waals surface area (Å²) in [6.45, 7) is 3.13. The van der Waals surface area contributed by atoms with Crippen LogP contribution >= 0.6 is 0 Å². The minimum Gasteiger partial charge on any atom is -0.315 e. The van der Waals surface area contributed by atoms with Gasteiger partial charge in [-0.15, -0.1) is 0 Å². The predicted molar refractivity (Wildman–Crippen MR) is 76.9 cm³/mol. The Morgan fingerprint density at radius 3 is 2.24 bits per heavy atom. The lowest BCUT2D eigenvalue weighted by atomic mass is 9.95. The van der Waals surface area contributed by atoms with Crippen LogP contribution in [0.1, 0.15) is 25.0 Å². The third-order valence-corrected chi connectivity index (χ3v) is 6.03. The van der Waals surface area contributed by atoms with Crippen LogP contribution in [-0.4, -0.2) is 32.5 Å². The van der Waals surface area contributed by atoms with E-state index in [9.17, 15) is 21.6 Å². The van der Waals surface area contributed by atoms with Gasteiger partial charge in [-0.25, -0.2) is 8.42 Å². The van der Waals surface area contributed by atoms with Crippen LogP contribution in [0.5, 0.6) is 0 Å². The Morgan fingerprint density at radius 1 is 1.24 bits per heavy atom. The van der Waals surface area contributed by atoms with Crippen molar-refractivity contribution in [3.8, 4) is 0 Å². The van der Waals surface area contributed by atoms with Crippen molar-refractivity contribution in [2.45, 2.75) is 37.2 Å². The first-order valence-corrected chi connectivity index (χ1v) is 8.31. The molecule has 0 spiro atoms. The van der Waals surface area contributed by atoms with Gasteiger partial charge < -0.3 is 5.32 Å². The van der Waals surface area contributed by atoms with Gasteiger partial charge in [-0.3, -0.25) is 0 Å². The Morgan fingerprint density at radius 2 is 1.81 bits per heavy atom. The van der Waals surface area contributed by atoms with E-state index in [2.05, 4.69) is 5.32 Å². The average molecular weight is 323 g/mol. The molecule has 0 bridgehead atoms. The molecule has 0 aliphatic rings. The number of alkyl halides is 3. The Kier molecular flexibility index (Phi) is 5.10. The Labute approximate surface area is 123 Å². The second-order valence-corrected chi connectivity index (χ2v) is 8.22. The number of likely N-dealkylation sites (N-methyl/N-ethyl adjacent to an activating group) is 1. The van der Waals surface area contributed by atoms with Gasteiger partial charge in [-0.05, 0) is 38.9 Å². The lowest BCUT2D eigenvalue weighted by molar-refractivity contribution is -0.137. The Hall–Kier alpha value is -1.08. The SMILES string of the molecule is CNC(Cc1cccc(C(F)(F)F)c1)C(C)(C)S(C)(=O)=O. The number of nitrogens with one attached hydrogen (secondary N) is 1. The molecule has 0 aliphatic carbocycles. The molecule has 0 aliphatic heterocycles. The van der Waals surface area contributed by atoms with Gasteiger partial charge in [0.25, 0.3) is 0 Å². The van der Waals surface area contributed by atoms with Crippen LogP contribution in [0.2, 0.25) is 0 Å². The Bertz CT molecular complexity index is 594. The molecule has 0 aromatic heterocycles. The van der Waals surface area contributed by atoms with Gasteiger partial charge >= 0.3 is 6.18 Å². The van der Waals surface area contributed by atoms with Crippen molar-refractivity contribution in [3.05, 3.63) is 35.4 Å². The molecule has 0 radical (unpaired) electrons. The van der Waals surface area contributed by atoms with Crippen LogP contribution in [0.3, 0.4) is 0 Å². The standard InChI is InChI=1S/C14H20F3NO2S/c1-13(2,21(4,19)20)12(18-3)9-10-6-5-7-11(8-10)14(15,16)17/h5-8,12,18H,9H2,1-4H3. The third-order valence-electron chi connectivity index (χ3n) is 3.84. The van der Waals surface area contributed by atoms with Crippen LogP contribution in [0, 0.1) is 0 Å². The van der Waals surface area contributed by atoms with Crippen molar-refractivity contribution < 1.29 is 21.6 Å². The molecular weight excluding hydrogens is 303 g/mol. The molecule has 0 saturated carbocycles. The topological polar surface area (TPSA) is 46.2 Å². The van der Waals surface area contributed by atoms with Gasteiger partial charge in [-0.2, -0.15) is 13.2 Å². The molecular formula is C14H20F3NO2S. The fourth-order valence-corrected chi connectivity index (χ4v) is 2.78. The third kappa shape index (κ3) is 4.20. The summed E-state index contributed by atoms with van der Waals surface area (Å²) in [6.07, 6.45) is -3.08. The first kappa shape index (κ1) is 18.0. The van der Waals surface area contributed by atoms with E-state index in [1.165, 1.54) is 6.07 Å². The fourth-order valence-electron chi connectivity index (χ4n) is 2.06. The van der Waals surface area contributed by atoms with Crippen LogP contribution in [0.15, 0.2) is 24.3 Å². The summed E-state index contributed by atoms with van der Waals surface area (Å²) < 4.78 is 60.7. The van der Waals surface area contributed by atoms with Gasteiger partial charge in [0, 0.05) is 12.3 Å². The van der Waals surface area contributed by atoms with Crippen LogP contribution in [-0.2, 0) is 22.4 Å². The van der Waals surface area contributed by atoms with Crippen LogP contribution in [0.25, 0.3) is 0 Å². The number of hydrogen-bond donors (Lipinski definition) is 1. The van der Waals surface area contributed by atoms with E-state index in [4.69, 9.17) is 0 Å². The van der Waals surface area contributed by atoms with E-state index in [1.54, 1.807) is 27.0 Å². The number of rotatable bonds is 5. The molecule has 3 nitrogen and oxygen atoms in total. The Balaban J connectivity index is 3.09. The quantitative estimate of drug-likeness (QED) is 0.906. The zero-order valence-electron chi connectivity index (χ0n) is 12.5. The smallest absolute Gasteiger partial charge is 0.315 e. The van der Waals surface area contributed by atoms with E-state index in [0.717, 1.165) is 18.4 Å². The van der Waals surface area contributed by atoms with Crippen molar-refractivity contribution in [1.29, 1.82) is 0 Å². The van der Waals surface area contributed by atoms with Crippen molar-refractivity contribution in [2.24, 2.45) is 0 Å². The first-order valence-electron chi connectivity index (χ1n) is 6.42. The van der Waals surface area contributed by atoms with Crippen LogP contribution < -0.4 is 5.32 Å². The highest BCUT2D eigenvalue weighted by atomic mass is 32.2. The lowest BCUT2D eigenvalue weighted by Crippen LogP contribution is -2.51. The highest BCUT2D eigenvalue weighted by Crippen LogP contribution is 2.30. The molecule has 0 heterocycles. The molecule has 0 fully saturated rings. The molecule has 21 heavy (non-hydrogen) atoms. The number of benzene rings is 1. The number of hydrogen-bond acceptors (Lipinski definition) is 3. The molecule has 1 N–H and O–H groups in total. The van der Waals surface area contributed by atoms with Gasteiger partial charge in [0.15, 0.2) is 9.84 Å². The summed E-state index contributed by atoms with van der Waals surface area (Å²) in [7, 11) is -1.75. The molecule has 1 aromatic carbocycles. The molecule has 1 atom stereocenters. The second kappa shape index (κ2) is 5.96. The average Bonchev–Trinajstić information content (AvgIpc) is 2.33. The van der Waals surface area contributed by atoms with Crippen molar-refractivity contribution in [3.63, 3.8) is 0 Å². The summed E-state index contributed by atoms with van der Waals surface area (Å²) >= 11 is 0. The van der Waals surface area contributed by atoms with Crippen molar-refractivity contribution in [2.75, 3.05) is 13.3 Å². The van der Waals surface area contributed by atoms with Gasteiger partial charge in [0.1, 0.15) is 0 Å². The molecule has 1 aromatic rings. The van der Waals surface area contributed by atoms with Gasteiger partial charge in [0.2, 0.25) is 0 Å². The fraction of sp³-hybridized carbons (Fsp3) is 0.571. The monoisotopic (exact) mass is 323 g/mol. The summed E-state index contributed by atoms with van der Waals surface area (Å²) in [6, 6.07) is 4.47. The summed E-state index contributed by atoms with van der Waals surface area (Å²) in [4.78, 5) is 0. The lowest BCUT2D eigenvalue weighted by Gasteiger charge is -2.32.